The van der Waals surface area contributed by atoms with Crippen LogP contribution in [0.4, 0.5) is 0 Å². The molecule has 0 saturated heterocycles. The third-order valence-electron chi connectivity index (χ3n) is 1.71. The third kappa shape index (κ3) is 2.26. The molecular formula is C9H8BrClO3. The molecule has 0 fully saturated rings. The van der Waals surface area contributed by atoms with Crippen LogP contribution in [0.25, 0.3) is 0 Å². The molecule has 0 atom stereocenters. The van der Waals surface area contributed by atoms with Crippen LogP contribution >= 0.6 is 27.5 Å². The van der Waals surface area contributed by atoms with E-state index in [0.29, 0.717) is 20.6 Å². The van der Waals surface area contributed by atoms with Crippen LogP contribution in [-0.4, -0.2) is 18.2 Å². The smallest absolute Gasteiger partial charge is 0.339 e. The first-order chi connectivity index (χ1) is 6.60. The quantitative estimate of drug-likeness (QED) is 0.846. The summed E-state index contributed by atoms with van der Waals surface area (Å²) >= 11 is 9.01. The largest absolute Gasteiger partial charge is 0.465 e. The Morgan fingerprint density at radius 2 is 2.29 bits per heavy atom. The first kappa shape index (κ1) is 11.5. The second-order valence-electron chi connectivity index (χ2n) is 2.57. The lowest BCUT2D eigenvalue weighted by molar-refractivity contribution is 0.0599. The summed E-state index contributed by atoms with van der Waals surface area (Å²) in [5.41, 5.74) is 0.904. The average molecular weight is 280 g/mol. The number of hydrogen-bond acceptors (Lipinski definition) is 3. The van der Waals surface area contributed by atoms with E-state index in [0.717, 1.165) is 0 Å². The maximum absolute atomic E-state index is 11.2. The summed E-state index contributed by atoms with van der Waals surface area (Å²) in [6, 6.07) is 3.05. The molecule has 0 heterocycles. The highest BCUT2D eigenvalue weighted by molar-refractivity contribution is 9.10. The molecule has 1 aromatic carbocycles. The summed E-state index contributed by atoms with van der Waals surface area (Å²) in [6.45, 7) is -0.168. The van der Waals surface area contributed by atoms with Crippen molar-refractivity contribution in [1.82, 2.24) is 0 Å². The zero-order valence-corrected chi connectivity index (χ0v) is 9.72. The van der Waals surface area contributed by atoms with Gasteiger partial charge in [-0.05, 0) is 33.6 Å². The molecule has 0 spiro atoms. The van der Waals surface area contributed by atoms with E-state index in [-0.39, 0.29) is 6.61 Å². The van der Waals surface area contributed by atoms with Crippen molar-refractivity contribution in [3.8, 4) is 0 Å². The van der Waals surface area contributed by atoms with Crippen molar-refractivity contribution in [2.75, 3.05) is 7.11 Å². The van der Waals surface area contributed by atoms with Crippen LogP contribution in [0.1, 0.15) is 15.9 Å². The van der Waals surface area contributed by atoms with Crippen LogP contribution in [0, 0.1) is 0 Å². The molecule has 76 valence electrons. The van der Waals surface area contributed by atoms with Gasteiger partial charge >= 0.3 is 5.97 Å². The Kier molecular flexibility index (Phi) is 3.92. The predicted molar refractivity (Wildman–Crippen MR) is 56.4 cm³/mol. The minimum Gasteiger partial charge on any atom is -0.465 e. The fourth-order valence-electron chi connectivity index (χ4n) is 0.976. The molecule has 0 radical (unpaired) electrons. The first-order valence-electron chi connectivity index (χ1n) is 3.77. The summed E-state index contributed by atoms with van der Waals surface area (Å²) < 4.78 is 5.11. The average Bonchev–Trinajstić information content (AvgIpc) is 2.19. The number of aliphatic hydroxyl groups excluding tert-OH is 1. The molecule has 0 aliphatic heterocycles. The first-order valence-corrected chi connectivity index (χ1v) is 4.94. The van der Waals surface area contributed by atoms with Gasteiger partial charge in [-0.3, -0.25) is 0 Å². The van der Waals surface area contributed by atoms with Gasteiger partial charge in [0.25, 0.3) is 0 Å². The van der Waals surface area contributed by atoms with E-state index in [4.69, 9.17) is 16.7 Å². The Balaban J connectivity index is 3.21. The van der Waals surface area contributed by atoms with Gasteiger partial charge in [-0.2, -0.15) is 0 Å². The van der Waals surface area contributed by atoms with E-state index in [2.05, 4.69) is 20.7 Å². The molecule has 5 heteroatoms. The van der Waals surface area contributed by atoms with Gasteiger partial charge in [0.15, 0.2) is 0 Å². The zero-order chi connectivity index (χ0) is 10.7. The van der Waals surface area contributed by atoms with Crippen LogP contribution in [0.5, 0.6) is 0 Å². The highest BCUT2D eigenvalue weighted by atomic mass is 79.9. The van der Waals surface area contributed by atoms with Crippen LogP contribution in [-0.2, 0) is 11.3 Å². The van der Waals surface area contributed by atoms with Crippen molar-refractivity contribution in [3.05, 3.63) is 32.8 Å². The number of esters is 1. The number of aliphatic hydroxyl groups is 1. The highest BCUT2D eigenvalue weighted by Crippen LogP contribution is 2.26. The summed E-state index contributed by atoms with van der Waals surface area (Å²) in [5, 5.41) is 9.25. The standard InChI is InChI=1S/C9H8BrClO3/c1-14-9(13)6-3-8(11)5(4-12)2-7(6)10/h2-3,12H,4H2,1H3. The Morgan fingerprint density at radius 3 is 2.79 bits per heavy atom. The summed E-state index contributed by atoms with van der Waals surface area (Å²) in [4.78, 5) is 11.2. The minimum atomic E-state index is -0.469. The highest BCUT2D eigenvalue weighted by Gasteiger charge is 2.13. The SMILES string of the molecule is COC(=O)c1cc(Cl)c(CO)cc1Br. The molecule has 0 unspecified atom stereocenters. The lowest BCUT2D eigenvalue weighted by atomic mass is 10.1. The fourth-order valence-corrected chi connectivity index (χ4v) is 1.75. The predicted octanol–water partition coefficient (Wildman–Crippen LogP) is 2.38. The molecule has 0 aliphatic carbocycles. The van der Waals surface area contributed by atoms with E-state index in [1.807, 2.05) is 0 Å². The van der Waals surface area contributed by atoms with Crippen LogP contribution < -0.4 is 0 Å². The molecule has 0 aromatic heterocycles. The van der Waals surface area contributed by atoms with Crippen molar-refractivity contribution >= 4 is 33.5 Å². The Labute approximate surface area is 94.8 Å². The summed E-state index contributed by atoms with van der Waals surface area (Å²) in [5.74, 6) is -0.469. The molecule has 14 heavy (non-hydrogen) atoms. The second kappa shape index (κ2) is 4.77. The minimum absolute atomic E-state index is 0.168. The monoisotopic (exact) mass is 278 g/mol. The Hall–Kier alpha value is -0.580. The molecule has 1 aromatic rings. The maximum Gasteiger partial charge on any atom is 0.339 e. The Bertz CT molecular complexity index is 365. The molecule has 0 bridgehead atoms. The van der Waals surface area contributed by atoms with E-state index in [9.17, 15) is 4.79 Å². The molecule has 0 saturated carbocycles. The summed E-state index contributed by atoms with van der Waals surface area (Å²) in [6.07, 6.45) is 0. The second-order valence-corrected chi connectivity index (χ2v) is 3.83. The zero-order valence-electron chi connectivity index (χ0n) is 7.38. The van der Waals surface area contributed by atoms with Crippen LogP contribution in [0.3, 0.4) is 0 Å². The Morgan fingerprint density at radius 1 is 1.64 bits per heavy atom. The van der Waals surface area contributed by atoms with Gasteiger partial charge in [-0.1, -0.05) is 11.6 Å². The van der Waals surface area contributed by atoms with E-state index in [1.165, 1.54) is 13.2 Å². The lowest BCUT2D eigenvalue weighted by Gasteiger charge is -2.06. The van der Waals surface area contributed by atoms with Crippen LogP contribution in [0.2, 0.25) is 5.02 Å². The van der Waals surface area contributed by atoms with Crippen molar-refractivity contribution in [2.24, 2.45) is 0 Å². The molecular weight excluding hydrogens is 271 g/mol. The molecule has 0 aliphatic rings. The van der Waals surface area contributed by atoms with Gasteiger partial charge in [0, 0.05) is 9.50 Å². The number of carbonyl (C=O) groups is 1. The number of methoxy groups -OCH3 is 1. The number of rotatable bonds is 2. The number of ether oxygens (including phenoxy) is 1. The number of hydrogen-bond donors (Lipinski definition) is 1. The van der Waals surface area contributed by atoms with Gasteiger partial charge in [0.1, 0.15) is 0 Å². The van der Waals surface area contributed by atoms with Gasteiger partial charge in [0.2, 0.25) is 0 Å². The lowest BCUT2D eigenvalue weighted by Crippen LogP contribution is -2.03. The molecule has 1 N–H and O–H groups in total. The van der Waals surface area contributed by atoms with Crippen molar-refractivity contribution < 1.29 is 14.6 Å². The maximum atomic E-state index is 11.2. The van der Waals surface area contributed by atoms with Crippen molar-refractivity contribution in [3.63, 3.8) is 0 Å². The third-order valence-corrected chi connectivity index (χ3v) is 2.72. The number of benzene rings is 1. The molecule has 3 nitrogen and oxygen atoms in total. The van der Waals surface area contributed by atoms with Gasteiger partial charge in [0.05, 0.1) is 19.3 Å². The van der Waals surface area contributed by atoms with Gasteiger partial charge < -0.3 is 9.84 Å². The topological polar surface area (TPSA) is 46.5 Å². The number of halogens is 2. The van der Waals surface area contributed by atoms with Gasteiger partial charge in [-0.25, -0.2) is 4.79 Å². The van der Waals surface area contributed by atoms with Crippen LogP contribution in [0.15, 0.2) is 16.6 Å². The number of carbonyl (C=O) groups excluding carboxylic acids is 1. The van der Waals surface area contributed by atoms with E-state index >= 15 is 0 Å². The van der Waals surface area contributed by atoms with Crippen molar-refractivity contribution in [2.45, 2.75) is 6.61 Å². The van der Waals surface area contributed by atoms with Gasteiger partial charge in [-0.15, -0.1) is 0 Å². The summed E-state index contributed by atoms with van der Waals surface area (Å²) in [7, 11) is 1.29. The van der Waals surface area contributed by atoms with Crippen molar-refractivity contribution in [1.29, 1.82) is 0 Å². The van der Waals surface area contributed by atoms with E-state index < -0.39 is 5.97 Å². The normalized spacial score (nSPS) is 10.0. The fraction of sp³-hybridized carbons (Fsp3) is 0.222. The van der Waals surface area contributed by atoms with E-state index in [1.54, 1.807) is 6.07 Å². The molecule has 1 rings (SSSR count). The molecule has 0 amide bonds.